The molecule has 24 heavy (non-hydrogen) atoms. The van der Waals surface area contributed by atoms with Gasteiger partial charge in [0.15, 0.2) is 5.96 Å². The minimum atomic E-state index is -3.35. The Morgan fingerprint density at radius 2 is 2.12 bits per heavy atom. The van der Waals surface area contributed by atoms with E-state index in [0.29, 0.717) is 19.0 Å². The van der Waals surface area contributed by atoms with Crippen LogP contribution in [0.4, 0.5) is 5.69 Å². The maximum atomic E-state index is 12.5. The number of hydrogen-bond donors (Lipinski definition) is 2. The number of guanidine groups is 1. The smallest absolute Gasteiger partial charge is 0.237 e. The van der Waals surface area contributed by atoms with Crippen molar-refractivity contribution in [3.8, 4) is 0 Å². The van der Waals surface area contributed by atoms with Gasteiger partial charge in [-0.15, -0.1) is 30.6 Å². The molecule has 0 saturated carbocycles. The lowest BCUT2D eigenvalue weighted by atomic mass is 10.2. The van der Waals surface area contributed by atoms with Gasteiger partial charge < -0.3 is 10.6 Å². The number of anilines is 1. The Kier molecular flexibility index (Phi) is 8.54. The van der Waals surface area contributed by atoms with Gasteiger partial charge in [-0.3, -0.25) is 9.30 Å². The number of halogens is 1. The van der Waals surface area contributed by atoms with Gasteiger partial charge in [0.2, 0.25) is 10.0 Å². The number of hydrogen-bond acceptors (Lipinski definition) is 3. The average molecular weight is 464 g/mol. The molecule has 2 rings (SSSR count). The van der Waals surface area contributed by atoms with E-state index in [0.717, 1.165) is 24.2 Å². The van der Waals surface area contributed by atoms with Crippen LogP contribution in [0.5, 0.6) is 0 Å². The molecule has 0 spiro atoms. The van der Waals surface area contributed by atoms with Gasteiger partial charge in [-0.05, 0) is 25.0 Å². The largest absolute Gasteiger partial charge is 0.357 e. The number of sulfonamides is 1. The quantitative estimate of drug-likeness (QED) is 0.279. The molecular weight excluding hydrogens is 439 g/mol. The van der Waals surface area contributed by atoms with E-state index in [4.69, 9.17) is 0 Å². The van der Waals surface area contributed by atoms with E-state index in [9.17, 15) is 8.42 Å². The summed E-state index contributed by atoms with van der Waals surface area (Å²) in [6, 6.07) is 7.64. The van der Waals surface area contributed by atoms with Crippen LogP contribution in [0.25, 0.3) is 0 Å². The molecular formula is C16H25IN4O2S. The molecule has 0 unspecified atom stereocenters. The van der Waals surface area contributed by atoms with E-state index in [1.54, 1.807) is 6.08 Å². The topological polar surface area (TPSA) is 73.8 Å². The minimum Gasteiger partial charge on any atom is -0.357 e. The zero-order chi connectivity index (χ0) is 16.7. The average Bonchev–Trinajstić information content (AvgIpc) is 2.97. The summed E-state index contributed by atoms with van der Waals surface area (Å²) in [6.07, 6.45) is 2.49. The van der Waals surface area contributed by atoms with Crippen LogP contribution in [0.15, 0.2) is 41.9 Å². The molecule has 6 nitrogen and oxygen atoms in total. The molecule has 0 saturated heterocycles. The molecule has 1 aromatic rings. The monoisotopic (exact) mass is 464 g/mol. The molecule has 0 bridgehead atoms. The Balaban J connectivity index is 0.00000288. The predicted octanol–water partition coefficient (Wildman–Crippen LogP) is 1.74. The third-order valence-electron chi connectivity index (χ3n) is 3.56. The molecule has 134 valence electrons. The maximum absolute atomic E-state index is 12.5. The van der Waals surface area contributed by atoms with Crippen molar-refractivity contribution in [2.75, 3.05) is 36.2 Å². The fourth-order valence-corrected chi connectivity index (χ4v) is 3.88. The molecule has 0 fully saturated rings. The lowest BCUT2D eigenvalue weighted by molar-refractivity contribution is 0.592. The SMILES string of the molecule is C=CCNC(=NCCS(=O)(=O)N1CCc2ccccc21)NCC.I. The summed E-state index contributed by atoms with van der Waals surface area (Å²) in [6.45, 7) is 7.63. The van der Waals surface area contributed by atoms with Crippen LogP contribution in [0.2, 0.25) is 0 Å². The number of para-hydroxylation sites is 1. The number of nitrogens with zero attached hydrogens (tertiary/aromatic N) is 2. The van der Waals surface area contributed by atoms with Gasteiger partial charge in [-0.1, -0.05) is 24.3 Å². The van der Waals surface area contributed by atoms with Gasteiger partial charge in [0.25, 0.3) is 0 Å². The fraction of sp³-hybridized carbons (Fsp3) is 0.438. The number of benzene rings is 1. The Labute approximate surface area is 161 Å². The zero-order valence-corrected chi connectivity index (χ0v) is 17.0. The summed E-state index contributed by atoms with van der Waals surface area (Å²) in [5, 5.41) is 6.13. The molecule has 0 aromatic heterocycles. The van der Waals surface area contributed by atoms with Gasteiger partial charge in [-0.25, -0.2) is 8.42 Å². The van der Waals surface area contributed by atoms with Crippen molar-refractivity contribution in [3.05, 3.63) is 42.5 Å². The highest BCUT2D eigenvalue weighted by molar-refractivity contribution is 14.0. The highest BCUT2D eigenvalue weighted by Crippen LogP contribution is 2.29. The number of fused-ring (bicyclic) bond motifs is 1. The molecule has 0 amide bonds. The van der Waals surface area contributed by atoms with Crippen molar-refractivity contribution in [3.63, 3.8) is 0 Å². The first-order chi connectivity index (χ1) is 11.1. The summed E-state index contributed by atoms with van der Waals surface area (Å²) >= 11 is 0. The number of nitrogens with one attached hydrogen (secondary N) is 2. The van der Waals surface area contributed by atoms with Crippen LogP contribution in [0, 0.1) is 0 Å². The first-order valence-corrected chi connectivity index (χ1v) is 9.41. The summed E-state index contributed by atoms with van der Waals surface area (Å²) in [5.41, 5.74) is 1.88. The second kappa shape index (κ2) is 9.87. The van der Waals surface area contributed by atoms with Crippen molar-refractivity contribution in [2.45, 2.75) is 13.3 Å². The van der Waals surface area contributed by atoms with Crippen LogP contribution in [-0.4, -0.2) is 46.3 Å². The maximum Gasteiger partial charge on any atom is 0.237 e. The normalized spacial score (nSPS) is 13.9. The van der Waals surface area contributed by atoms with Gasteiger partial charge in [0.05, 0.1) is 18.0 Å². The van der Waals surface area contributed by atoms with Crippen molar-refractivity contribution in [1.82, 2.24) is 10.6 Å². The second-order valence-electron chi connectivity index (χ2n) is 5.20. The van der Waals surface area contributed by atoms with Crippen molar-refractivity contribution in [1.29, 1.82) is 0 Å². The Morgan fingerprint density at radius 1 is 1.38 bits per heavy atom. The van der Waals surface area contributed by atoms with Gasteiger partial charge in [0, 0.05) is 19.6 Å². The van der Waals surface area contributed by atoms with Gasteiger partial charge in [-0.2, -0.15) is 0 Å². The van der Waals surface area contributed by atoms with Crippen LogP contribution in [0.1, 0.15) is 12.5 Å². The molecule has 1 aliphatic heterocycles. The first kappa shape index (κ1) is 20.8. The lowest BCUT2D eigenvalue weighted by Gasteiger charge is -2.19. The van der Waals surface area contributed by atoms with Gasteiger partial charge >= 0.3 is 0 Å². The number of aliphatic imine (C=N–C) groups is 1. The fourth-order valence-electron chi connectivity index (χ4n) is 2.49. The van der Waals surface area contributed by atoms with E-state index >= 15 is 0 Å². The van der Waals surface area contributed by atoms with Crippen LogP contribution in [-0.2, 0) is 16.4 Å². The van der Waals surface area contributed by atoms with E-state index < -0.39 is 10.0 Å². The Bertz CT molecular complexity index is 676. The standard InChI is InChI=1S/C16H24N4O2S.HI/c1-3-10-18-16(17-4-2)19-11-13-23(21,22)20-12-9-14-7-5-6-8-15(14)20;/h3,5-8H,1,4,9-13H2,2H3,(H2,17,18,19);1H. The van der Waals surface area contributed by atoms with Crippen molar-refractivity contribution in [2.24, 2.45) is 4.99 Å². The van der Waals surface area contributed by atoms with Crippen molar-refractivity contribution < 1.29 is 8.42 Å². The van der Waals surface area contributed by atoms with Crippen LogP contribution in [0.3, 0.4) is 0 Å². The predicted molar refractivity (Wildman–Crippen MR) is 111 cm³/mol. The zero-order valence-electron chi connectivity index (χ0n) is 13.9. The third kappa shape index (κ3) is 5.37. The summed E-state index contributed by atoms with van der Waals surface area (Å²) in [5.74, 6) is 0.593. The first-order valence-electron chi connectivity index (χ1n) is 7.80. The van der Waals surface area contributed by atoms with E-state index in [1.165, 1.54) is 4.31 Å². The lowest BCUT2D eigenvalue weighted by Crippen LogP contribution is -2.38. The molecule has 1 heterocycles. The Morgan fingerprint density at radius 3 is 2.83 bits per heavy atom. The molecule has 1 aliphatic rings. The van der Waals surface area contributed by atoms with Crippen molar-refractivity contribution >= 4 is 45.6 Å². The van der Waals surface area contributed by atoms with Gasteiger partial charge in [0.1, 0.15) is 0 Å². The second-order valence-corrected chi connectivity index (χ2v) is 7.21. The molecule has 0 aliphatic carbocycles. The molecule has 1 aromatic carbocycles. The minimum absolute atomic E-state index is 0. The highest BCUT2D eigenvalue weighted by atomic mass is 127. The highest BCUT2D eigenvalue weighted by Gasteiger charge is 2.28. The molecule has 0 radical (unpaired) electrons. The third-order valence-corrected chi connectivity index (χ3v) is 5.31. The molecule has 2 N–H and O–H groups in total. The molecule has 0 atom stereocenters. The number of rotatable bonds is 7. The van der Waals surface area contributed by atoms with Crippen LogP contribution >= 0.6 is 24.0 Å². The summed E-state index contributed by atoms with van der Waals surface area (Å²) in [4.78, 5) is 4.30. The Hall–Kier alpha value is -1.29. The summed E-state index contributed by atoms with van der Waals surface area (Å²) < 4.78 is 26.6. The van der Waals surface area contributed by atoms with E-state index in [-0.39, 0.29) is 36.3 Å². The molecule has 8 heteroatoms. The van der Waals surface area contributed by atoms with E-state index in [1.807, 2.05) is 31.2 Å². The van der Waals surface area contributed by atoms with Crippen LogP contribution < -0.4 is 14.9 Å². The summed E-state index contributed by atoms with van der Waals surface area (Å²) in [7, 11) is -3.35. The van der Waals surface area contributed by atoms with E-state index in [2.05, 4.69) is 22.2 Å².